The number of anilines is 2. The summed E-state index contributed by atoms with van der Waals surface area (Å²) in [5.41, 5.74) is -1.40. The van der Waals surface area contributed by atoms with Crippen molar-refractivity contribution >= 4 is 39.2 Å². The molecule has 14 nitrogen and oxygen atoms in total. The maximum absolute atomic E-state index is 17.0. The molecule has 8 heterocycles. The van der Waals surface area contributed by atoms with E-state index in [1.807, 2.05) is 11.0 Å². The maximum atomic E-state index is 17.0. The standard InChI is InChI=1S/C47H53F3N10O4/c1-3-35-38(48)9-6-30-21-33(61)22-36(41(30)35)43-42(49)44-37(25-51-43)45(59-26-31-7-8-32(27-59)52-31)54-46(53-44)63-20-19-56-13-10-47(50,11-14-56)28-57-15-17-58(18-16-57)39-23-34(64-55-39)24-40(62)60-12-4-5-29(60)2/h1,6,9,21-23,25,29,31-32,52,61H,4-5,7-8,10-20,24,26-28H2,2H3. The Bertz CT molecular complexity index is 2590. The third-order valence-corrected chi connectivity index (χ3v) is 14.0. The van der Waals surface area contributed by atoms with E-state index in [4.69, 9.17) is 20.7 Å². The molecule has 2 aromatic carbocycles. The van der Waals surface area contributed by atoms with Crippen LogP contribution < -0.4 is 19.9 Å². The van der Waals surface area contributed by atoms with Crippen LogP contribution in [0.1, 0.15) is 56.8 Å². The van der Waals surface area contributed by atoms with Crippen LogP contribution in [-0.4, -0.2) is 148 Å². The monoisotopic (exact) mass is 878 g/mol. The van der Waals surface area contributed by atoms with E-state index in [1.54, 1.807) is 0 Å². The number of fused-ring (bicyclic) bond motifs is 4. The summed E-state index contributed by atoms with van der Waals surface area (Å²) in [5, 5.41) is 19.6. The zero-order valence-corrected chi connectivity index (χ0v) is 36.0. The molecule has 10 rings (SSSR count). The fourth-order valence-corrected chi connectivity index (χ4v) is 10.5. The highest BCUT2D eigenvalue weighted by Crippen LogP contribution is 2.39. The molecular formula is C47H53F3N10O4. The highest BCUT2D eigenvalue weighted by atomic mass is 19.1. The number of hydrogen-bond donors (Lipinski definition) is 2. The van der Waals surface area contributed by atoms with Crippen LogP contribution in [0.2, 0.25) is 0 Å². The predicted molar refractivity (Wildman–Crippen MR) is 236 cm³/mol. The van der Waals surface area contributed by atoms with Crippen molar-refractivity contribution in [1.82, 2.24) is 40.1 Å². The third kappa shape index (κ3) is 8.38. The lowest BCUT2D eigenvalue weighted by atomic mass is 9.92. The SMILES string of the molecule is C#Cc1c(F)ccc2cc(O)cc(-c3ncc4c(N5CC6CCC(C5)N6)nc(OCCN5CCC(F)(CN6CCN(c7cc(CC(=O)N8CCCC8C)on7)CC6)CC5)nc4c3F)c12. The average Bonchev–Trinajstić information content (AvgIpc) is 4.03. The number of phenols is 1. The topological polar surface area (TPSA) is 139 Å². The Kier molecular flexibility index (Phi) is 11.5. The molecular weight excluding hydrogens is 826 g/mol. The van der Waals surface area contributed by atoms with E-state index < -0.39 is 17.3 Å². The Morgan fingerprint density at radius 1 is 1.00 bits per heavy atom. The number of piperidine rings is 1. The first-order valence-electron chi connectivity index (χ1n) is 22.6. The summed E-state index contributed by atoms with van der Waals surface area (Å²) in [6.45, 7) is 9.20. The normalized spacial score (nSPS) is 22.7. The number of halogens is 3. The molecule has 2 bridgehead atoms. The smallest absolute Gasteiger partial charge is 0.319 e. The van der Waals surface area contributed by atoms with Gasteiger partial charge >= 0.3 is 6.01 Å². The molecule has 0 radical (unpaired) electrons. The number of carbonyl (C=O) groups excluding carboxylic acids is 1. The van der Waals surface area contributed by atoms with Gasteiger partial charge in [-0.2, -0.15) is 9.97 Å². The quantitative estimate of drug-likeness (QED) is 0.166. The van der Waals surface area contributed by atoms with Gasteiger partial charge in [-0.05, 0) is 69.0 Å². The molecule has 64 heavy (non-hydrogen) atoms. The molecule has 336 valence electrons. The number of amides is 1. The van der Waals surface area contributed by atoms with Crippen LogP contribution in [-0.2, 0) is 11.2 Å². The van der Waals surface area contributed by atoms with E-state index in [0.717, 1.165) is 38.0 Å². The molecule has 3 aromatic heterocycles. The summed E-state index contributed by atoms with van der Waals surface area (Å²) in [5.74, 6) is 2.68. The van der Waals surface area contributed by atoms with Gasteiger partial charge in [-0.15, -0.1) is 6.42 Å². The Morgan fingerprint density at radius 2 is 1.78 bits per heavy atom. The lowest BCUT2D eigenvalue weighted by Gasteiger charge is -2.41. The Balaban J connectivity index is 0.782. The fourth-order valence-electron chi connectivity index (χ4n) is 10.5. The summed E-state index contributed by atoms with van der Waals surface area (Å²) >= 11 is 0. The van der Waals surface area contributed by atoms with Crippen LogP contribution in [0, 0.1) is 24.0 Å². The number of pyridine rings is 1. The van der Waals surface area contributed by atoms with Gasteiger partial charge in [0.15, 0.2) is 11.6 Å². The number of rotatable bonds is 11. The number of phenolic OH excluding ortho intramolecular Hbond substituents is 1. The number of benzene rings is 2. The minimum absolute atomic E-state index is 0.00333. The number of hydrogen-bond acceptors (Lipinski definition) is 13. The second-order valence-electron chi connectivity index (χ2n) is 18.2. The van der Waals surface area contributed by atoms with E-state index >= 15 is 8.78 Å². The molecule has 2 N–H and O–H groups in total. The van der Waals surface area contributed by atoms with Crippen molar-refractivity contribution in [2.75, 3.05) is 88.4 Å². The summed E-state index contributed by atoms with van der Waals surface area (Å²) < 4.78 is 60.0. The molecule has 5 aliphatic heterocycles. The Morgan fingerprint density at radius 3 is 2.52 bits per heavy atom. The average molecular weight is 879 g/mol. The van der Waals surface area contributed by atoms with Crippen LogP contribution in [0.3, 0.4) is 0 Å². The Labute approximate surface area is 369 Å². The molecule has 3 atom stereocenters. The maximum Gasteiger partial charge on any atom is 0.319 e. The Hall–Kier alpha value is -5.70. The molecule has 17 heteroatoms. The first kappa shape index (κ1) is 42.3. The number of terminal acetylenes is 1. The van der Waals surface area contributed by atoms with Crippen molar-refractivity contribution in [3.05, 3.63) is 59.5 Å². The lowest BCUT2D eigenvalue weighted by Crippen LogP contribution is -2.53. The van der Waals surface area contributed by atoms with Crippen LogP contribution in [0.4, 0.5) is 24.8 Å². The number of aromatic nitrogens is 4. The predicted octanol–water partition coefficient (Wildman–Crippen LogP) is 5.30. The summed E-state index contributed by atoms with van der Waals surface area (Å²) in [4.78, 5) is 37.2. The fraction of sp³-hybridized carbons (Fsp3) is 0.511. The molecule has 5 aliphatic rings. The molecule has 5 fully saturated rings. The van der Waals surface area contributed by atoms with Crippen molar-refractivity contribution in [3.63, 3.8) is 0 Å². The highest BCUT2D eigenvalue weighted by molar-refractivity contribution is 6.03. The number of nitrogens with zero attached hydrogens (tertiary/aromatic N) is 9. The van der Waals surface area contributed by atoms with Gasteiger partial charge in [0.1, 0.15) is 46.6 Å². The largest absolute Gasteiger partial charge is 0.508 e. The van der Waals surface area contributed by atoms with Crippen molar-refractivity contribution in [3.8, 4) is 35.4 Å². The van der Waals surface area contributed by atoms with Crippen LogP contribution in [0.15, 0.2) is 41.1 Å². The number of carbonyl (C=O) groups is 1. The van der Waals surface area contributed by atoms with E-state index in [1.165, 1.54) is 30.5 Å². The van der Waals surface area contributed by atoms with E-state index in [-0.39, 0.29) is 76.5 Å². The van der Waals surface area contributed by atoms with E-state index in [2.05, 4.69) is 52.9 Å². The van der Waals surface area contributed by atoms with Crippen molar-refractivity contribution in [2.24, 2.45) is 0 Å². The lowest BCUT2D eigenvalue weighted by molar-refractivity contribution is -0.131. The van der Waals surface area contributed by atoms with Crippen LogP contribution in [0.5, 0.6) is 11.8 Å². The minimum Gasteiger partial charge on any atom is -0.508 e. The van der Waals surface area contributed by atoms with Crippen molar-refractivity contribution < 1.29 is 32.3 Å². The van der Waals surface area contributed by atoms with Gasteiger partial charge in [0.2, 0.25) is 5.91 Å². The van der Waals surface area contributed by atoms with Gasteiger partial charge in [-0.25, -0.2) is 13.2 Å². The second-order valence-corrected chi connectivity index (χ2v) is 18.2. The molecule has 1 amide bonds. The van der Waals surface area contributed by atoms with Gasteiger partial charge in [-0.3, -0.25) is 19.6 Å². The summed E-state index contributed by atoms with van der Waals surface area (Å²) in [6, 6.07) is 8.14. The molecule has 0 spiro atoms. The number of piperazine rings is 2. The number of likely N-dealkylation sites (tertiary alicyclic amines) is 2. The molecule has 5 saturated heterocycles. The number of nitrogens with one attached hydrogen (secondary N) is 1. The van der Waals surface area contributed by atoms with Crippen LogP contribution in [0.25, 0.3) is 32.9 Å². The van der Waals surface area contributed by atoms with Crippen molar-refractivity contribution in [2.45, 2.75) is 75.7 Å². The van der Waals surface area contributed by atoms with Gasteiger partial charge < -0.3 is 34.4 Å². The van der Waals surface area contributed by atoms with Gasteiger partial charge in [0.05, 0.1) is 17.4 Å². The summed E-state index contributed by atoms with van der Waals surface area (Å²) in [6.07, 6.45) is 12.4. The first-order chi connectivity index (χ1) is 31.0. The third-order valence-electron chi connectivity index (χ3n) is 14.0. The zero-order chi connectivity index (χ0) is 44.1. The summed E-state index contributed by atoms with van der Waals surface area (Å²) in [7, 11) is 0. The molecule has 5 aromatic rings. The number of alkyl halides is 1. The molecule has 3 unspecified atom stereocenters. The first-order valence-corrected chi connectivity index (χ1v) is 22.6. The number of aromatic hydroxyl groups is 1. The second kappa shape index (κ2) is 17.4. The molecule has 0 aliphatic carbocycles. The van der Waals surface area contributed by atoms with Gasteiger partial charge in [0.25, 0.3) is 0 Å². The van der Waals surface area contributed by atoms with Crippen LogP contribution >= 0.6 is 0 Å². The van der Waals surface area contributed by atoms with Gasteiger partial charge in [-0.1, -0.05) is 17.1 Å². The number of ether oxygens (including phenoxy) is 1. The minimum atomic E-state index is -1.32. The van der Waals surface area contributed by atoms with E-state index in [9.17, 15) is 14.3 Å². The van der Waals surface area contributed by atoms with E-state index in [0.29, 0.717) is 101 Å². The molecule has 0 saturated carbocycles. The highest BCUT2D eigenvalue weighted by Gasteiger charge is 2.38. The van der Waals surface area contributed by atoms with Crippen molar-refractivity contribution in [1.29, 1.82) is 0 Å². The van der Waals surface area contributed by atoms with Gasteiger partial charge in [0, 0.05) is 113 Å². The zero-order valence-electron chi connectivity index (χ0n) is 36.0.